The van der Waals surface area contributed by atoms with E-state index in [1.54, 1.807) is 12.1 Å². The van der Waals surface area contributed by atoms with Gasteiger partial charge in [0.1, 0.15) is 5.75 Å². The van der Waals surface area contributed by atoms with Crippen LogP contribution in [-0.4, -0.2) is 23.1 Å². The smallest absolute Gasteiger partial charge is 0.121 e. The first kappa shape index (κ1) is 11.7. The Morgan fingerprint density at radius 2 is 1.81 bits per heavy atom. The molecule has 2 nitrogen and oxygen atoms in total. The molecule has 1 aliphatic rings. The Bertz CT molecular complexity index is 326. The number of phenols is 1. The first-order valence-electron chi connectivity index (χ1n) is 5.96. The molecule has 0 atom stereocenters. The molecule has 1 aromatic carbocycles. The van der Waals surface area contributed by atoms with Gasteiger partial charge in [0.15, 0.2) is 0 Å². The molecule has 88 valence electrons. The lowest BCUT2D eigenvalue weighted by Crippen LogP contribution is -2.24. The van der Waals surface area contributed by atoms with Gasteiger partial charge in [-0.15, -0.1) is 0 Å². The molecule has 1 aliphatic heterocycles. The normalized spacial score (nSPS) is 18.3. The van der Waals surface area contributed by atoms with Gasteiger partial charge in [-0.05, 0) is 38.1 Å². The van der Waals surface area contributed by atoms with Gasteiger partial charge >= 0.3 is 0 Å². The number of aromatic hydroxyl groups is 1. The van der Waals surface area contributed by atoms with Crippen LogP contribution in [0.25, 0.3) is 0 Å². The van der Waals surface area contributed by atoms with Gasteiger partial charge in [-0.3, -0.25) is 4.90 Å². The summed E-state index contributed by atoms with van der Waals surface area (Å²) in [4.78, 5) is 2.38. The molecule has 0 bridgehead atoms. The van der Waals surface area contributed by atoms with E-state index in [-0.39, 0.29) is 0 Å². The van der Waals surface area contributed by atoms with Crippen LogP contribution in [0.2, 0.25) is 5.02 Å². The average molecular weight is 240 g/mol. The van der Waals surface area contributed by atoms with Gasteiger partial charge < -0.3 is 5.11 Å². The van der Waals surface area contributed by atoms with Crippen molar-refractivity contribution in [2.75, 3.05) is 13.1 Å². The molecule has 1 N–H and O–H groups in total. The first-order valence-corrected chi connectivity index (χ1v) is 6.34. The van der Waals surface area contributed by atoms with E-state index in [0.29, 0.717) is 10.8 Å². The van der Waals surface area contributed by atoms with Gasteiger partial charge in [-0.2, -0.15) is 0 Å². The summed E-state index contributed by atoms with van der Waals surface area (Å²) >= 11 is 6.10. The van der Waals surface area contributed by atoms with Gasteiger partial charge in [-0.1, -0.05) is 30.5 Å². The summed E-state index contributed by atoms with van der Waals surface area (Å²) in [6, 6.07) is 5.33. The molecular weight excluding hydrogens is 222 g/mol. The van der Waals surface area contributed by atoms with Crippen molar-refractivity contribution in [2.45, 2.75) is 32.2 Å². The second-order valence-electron chi connectivity index (χ2n) is 4.43. The molecule has 3 heteroatoms. The van der Waals surface area contributed by atoms with Gasteiger partial charge in [-0.25, -0.2) is 0 Å². The van der Waals surface area contributed by atoms with E-state index in [0.717, 1.165) is 25.2 Å². The Hall–Kier alpha value is -0.730. The summed E-state index contributed by atoms with van der Waals surface area (Å²) in [6.45, 7) is 3.00. The number of benzene rings is 1. The minimum atomic E-state index is 0.316. The average Bonchev–Trinajstić information content (AvgIpc) is 2.52. The van der Waals surface area contributed by atoms with Gasteiger partial charge in [0.25, 0.3) is 0 Å². The third kappa shape index (κ3) is 2.89. The summed E-state index contributed by atoms with van der Waals surface area (Å²) in [5.74, 6) is 0.316. The molecule has 0 radical (unpaired) electrons. The second-order valence-corrected chi connectivity index (χ2v) is 4.84. The Kier molecular flexibility index (Phi) is 4.08. The highest BCUT2D eigenvalue weighted by atomic mass is 35.5. The van der Waals surface area contributed by atoms with Crippen molar-refractivity contribution in [3.8, 4) is 5.75 Å². The largest absolute Gasteiger partial charge is 0.508 e. The third-order valence-corrected chi connectivity index (χ3v) is 3.53. The summed E-state index contributed by atoms with van der Waals surface area (Å²) in [5.41, 5.74) is 0.867. The Morgan fingerprint density at radius 1 is 1.12 bits per heavy atom. The minimum Gasteiger partial charge on any atom is -0.508 e. The number of rotatable bonds is 2. The van der Waals surface area contributed by atoms with E-state index in [2.05, 4.69) is 4.90 Å². The molecule has 1 fully saturated rings. The predicted molar refractivity (Wildman–Crippen MR) is 66.9 cm³/mol. The van der Waals surface area contributed by atoms with Crippen molar-refractivity contribution in [3.63, 3.8) is 0 Å². The van der Waals surface area contributed by atoms with Crippen LogP contribution in [0.1, 0.15) is 31.2 Å². The van der Waals surface area contributed by atoms with Crippen LogP contribution >= 0.6 is 11.6 Å². The first-order chi connectivity index (χ1) is 7.77. The molecule has 1 aromatic rings. The van der Waals surface area contributed by atoms with Crippen LogP contribution in [0.5, 0.6) is 5.75 Å². The van der Waals surface area contributed by atoms with Crippen LogP contribution < -0.4 is 0 Å². The Labute approximate surface area is 102 Å². The lowest BCUT2D eigenvalue weighted by molar-refractivity contribution is 0.273. The molecule has 0 saturated carbocycles. The monoisotopic (exact) mass is 239 g/mol. The van der Waals surface area contributed by atoms with Crippen molar-refractivity contribution in [2.24, 2.45) is 0 Å². The fourth-order valence-electron chi connectivity index (χ4n) is 2.22. The Balaban J connectivity index is 2.07. The molecule has 16 heavy (non-hydrogen) atoms. The van der Waals surface area contributed by atoms with Gasteiger partial charge in [0.2, 0.25) is 0 Å². The highest BCUT2D eigenvalue weighted by Gasteiger charge is 2.13. The van der Waals surface area contributed by atoms with Crippen LogP contribution in [0, 0.1) is 0 Å². The highest BCUT2D eigenvalue weighted by Crippen LogP contribution is 2.27. The zero-order valence-corrected chi connectivity index (χ0v) is 10.2. The van der Waals surface area contributed by atoms with E-state index >= 15 is 0 Å². The third-order valence-electron chi connectivity index (χ3n) is 3.17. The number of nitrogens with zero attached hydrogens (tertiary/aromatic N) is 1. The van der Waals surface area contributed by atoms with Gasteiger partial charge in [0.05, 0.1) is 0 Å². The summed E-state index contributed by atoms with van der Waals surface area (Å²) in [7, 11) is 0. The molecule has 1 saturated heterocycles. The predicted octanol–water partition coefficient (Wildman–Crippen LogP) is 3.42. The SMILES string of the molecule is Oc1cccc(Cl)c1CN1CCCCCC1. The topological polar surface area (TPSA) is 23.5 Å². The quantitative estimate of drug-likeness (QED) is 0.855. The van der Waals surface area contributed by atoms with Crippen LogP contribution in [0.15, 0.2) is 18.2 Å². The van der Waals surface area contributed by atoms with Gasteiger partial charge in [0, 0.05) is 17.1 Å². The van der Waals surface area contributed by atoms with E-state index in [9.17, 15) is 5.11 Å². The lowest BCUT2D eigenvalue weighted by Gasteiger charge is -2.20. The molecule has 0 aliphatic carbocycles. The van der Waals surface area contributed by atoms with Crippen LogP contribution in [-0.2, 0) is 6.54 Å². The molecule has 0 amide bonds. The number of hydrogen-bond acceptors (Lipinski definition) is 2. The van der Waals surface area contributed by atoms with Crippen molar-refractivity contribution >= 4 is 11.6 Å². The van der Waals surface area contributed by atoms with E-state index in [4.69, 9.17) is 11.6 Å². The Morgan fingerprint density at radius 3 is 2.44 bits per heavy atom. The molecule has 2 rings (SSSR count). The van der Waals surface area contributed by atoms with Crippen LogP contribution in [0.4, 0.5) is 0 Å². The minimum absolute atomic E-state index is 0.316. The van der Waals surface area contributed by atoms with E-state index in [1.165, 1.54) is 25.7 Å². The fraction of sp³-hybridized carbons (Fsp3) is 0.538. The molecular formula is C13H18ClNO. The lowest BCUT2D eigenvalue weighted by atomic mass is 10.2. The van der Waals surface area contributed by atoms with E-state index < -0.39 is 0 Å². The number of hydrogen-bond donors (Lipinski definition) is 1. The number of phenolic OH excluding ortho intramolecular Hbond substituents is 1. The number of likely N-dealkylation sites (tertiary alicyclic amines) is 1. The summed E-state index contributed by atoms with van der Waals surface area (Å²) < 4.78 is 0. The van der Waals surface area contributed by atoms with Crippen molar-refractivity contribution in [1.29, 1.82) is 0 Å². The van der Waals surface area contributed by atoms with Crippen molar-refractivity contribution in [3.05, 3.63) is 28.8 Å². The summed E-state index contributed by atoms with van der Waals surface area (Å²) in [6.07, 6.45) is 5.16. The van der Waals surface area contributed by atoms with Crippen molar-refractivity contribution in [1.82, 2.24) is 4.90 Å². The summed E-state index contributed by atoms with van der Waals surface area (Å²) in [5, 5.41) is 10.5. The maximum Gasteiger partial charge on any atom is 0.121 e. The van der Waals surface area contributed by atoms with Crippen molar-refractivity contribution < 1.29 is 5.11 Å². The second kappa shape index (κ2) is 5.55. The zero-order valence-electron chi connectivity index (χ0n) is 9.45. The molecule has 0 aromatic heterocycles. The maximum absolute atomic E-state index is 9.78. The molecule has 0 spiro atoms. The number of halogens is 1. The van der Waals surface area contributed by atoms with E-state index in [1.807, 2.05) is 6.07 Å². The zero-order chi connectivity index (χ0) is 11.4. The fourth-order valence-corrected chi connectivity index (χ4v) is 2.45. The molecule has 0 unspecified atom stereocenters. The maximum atomic E-state index is 9.78. The standard InChI is InChI=1S/C13H18ClNO/c14-12-6-5-7-13(16)11(12)10-15-8-3-1-2-4-9-15/h5-7,16H,1-4,8-10H2. The van der Waals surface area contributed by atoms with Crippen LogP contribution in [0.3, 0.4) is 0 Å². The highest BCUT2D eigenvalue weighted by molar-refractivity contribution is 6.31. The molecule has 1 heterocycles.